The lowest BCUT2D eigenvalue weighted by Gasteiger charge is -2.28. The van der Waals surface area contributed by atoms with Gasteiger partial charge in [0.25, 0.3) is 15.9 Å². The van der Waals surface area contributed by atoms with Gasteiger partial charge in [0.05, 0.1) is 23.7 Å². The number of aryl methyl sites for hydroxylation is 2. The molecule has 0 unspecified atom stereocenters. The number of hydrogen-bond acceptors (Lipinski definition) is 8. The van der Waals surface area contributed by atoms with Gasteiger partial charge in [-0.3, -0.25) is 4.79 Å². The third kappa shape index (κ3) is 8.72. The molecule has 1 saturated heterocycles. The topological polar surface area (TPSA) is 131 Å². The molecule has 1 aromatic heterocycles. The molecule has 1 N–H and O–H groups in total. The standard InChI is InChI=1S/C29H33N5O6S.C4H10.H2/c1-18-8-6-9-19(2)25(18)23-15-24-31-27(30-23)32-41(37,38)22-11-7-10-20(14-22)26(35)33-12-13-34(17-21(16-33)39-24)28(36)40-29(3,4)5;1-4(2)3;/h6-11,14-15,21H,12-13,16-17H2,1-5H3,(H,30,31,32);4H,1-3H3;1H/t21-;;/m1../s1. The van der Waals surface area contributed by atoms with Gasteiger partial charge in [0, 0.05) is 31.7 Å². The van der Waals surface area contributed by atoms with E-state index in [2.05, 4.69) is 35.5 Å². The van der Waals surface area contributed by atoms with E-state index in [1.54, 1.807) is 37.8 Å². The molecular weight excluding hydrogens is 594 g/mol. The van der Waals surface area contributed by atoms with Gasteiger partial charge in [-0.2, -0.15) is 4.98 Å². The minimum Gasteiger partial charge on any atom is -0.470 e. The van der Waals surface area contributed by atoms with Gasteiger partial charge in [0.2, 0.25) is 11.8 Å². The summed E-state index contributed by atoms with van der Waals surface area (Å²) in [5, 5.41) is 0. The summed E-state index contributed by atoms with van der Waals surface area (Å²) < 4.78 is 41.1. The third-order valence-corrected chi connectivity index (χ3v) is 8.10. The zero-order chi connectivity index (χ0) is 33.1. The van der Waals surface area contributed by atoms with Gasteiger partial charge in [0.15, 0.2) is 0 Å². The number of sulfonamides is 1. The summed E-state index contributed by atoms with van der Waals surface area (Å²) in [6.07, 6.45) is -1.21. The maximum atomic E-state index is 13.6. The van der Waals surface area contributed by atoms with E-state index in [0.29, 0.717) is 5.69 Å². The predicted octanol–water partition coefficient (Wildman–Crippen LogP) is 5.92. The van der Waals surface area contributed by atoms with E-state index < -0.39 is 27.8 Å². The lowest BCUT2D eigenvalue weighted by atomic mass is 10.00. The van der Waals surface area contributed by atoms with E-state index in [0.717, 1.165) is 22.6 Å². The number of aromatic nitrogens is 2. The SMILES string of the molecule is CC(C)C.Cc1cccc(C)c1-c1cc2nc(n1)NS(=O)(=O)c1cccc(c1)C(=O)N1CCN(C(=O)OC(C)(C)C)C[C@@H](C1)O2.[HH]. The average Bonchev–Trinajstić information content (AvgIpc) is 3.13. The number of hydrogen-bond donors (Lipinski definition) is 1. The Morgan fingerprint density at radius 1 is 1.02 bits per heavy atom. The number of ether oxygens (including phenoxy) is 2. The van der Waals surface area contributed by atoms with Crippen LogP contribution in [0.1, 0.15) is 64.5 Å². The minimum absolute atomic E-state index is 0. The van der Waals surface area contributed by atoms with Gasteiger partial charge in [-0.15, -0.1) is 0 Å². The van der Waals surface area contributed by atoms with Crippen LogP contribution in [-0.4, -0.2) is 78.1 Å². The lowest BCUT2D eigenvalue weighted by Crippen LogP contribution is -2.43. The fourth-order valence-electron chi connectivity index (χ4n) is 4.93. The van der Waals surface area contributed by atoms with Crippen molar-refractivity contribution in [3.8, 4) is 17.1 Å². The molecule has 11 nitrogen and oxygen atoms in total. The van der Waals surface area contributed by atoms with Crippen molar-refractivity contribution >= 4 is 28.0 Å². The van der Waals surface area contributed by atoms with Crippen molar-refractivity contribution in [3.63, 3.8) is 0 Å². The number of amides is 2. The quantitative estimate of drug-likeness (QED) is 0.347. The van der Waals surface area contributed by atoms with E-state index in [1.165, 1.54) is 23.1 Å². The van der Waals surface area contributed by atoms with E-state index in [9.17, 15) is 18.0 Å². The molecule has 0 radical (unpaired) electrons. The first-order valence-corrected chi connectivity index (χ1v) is 16.5. The molecule has 1 fully saturated rings. The summed E-state index contributed by atoms with van der Waals surface area (Å²) >= 11 is 0. The molecule has 3 heterocycles. The molecule has 3 aromatic rings. The van der Waals surface area contributed by atoms with Crippen LogP contribution < -0.4 is 9.46 Å². The number of rotatable bonds is 1. The normalized spacial score (nSPS) is 17.7. The molecule has 1 atom stereocenters. The summed E-state index contributed by atoms with van der Waals surface area (Å²) in [5.74, 6) is 0.380. The highest BCUT2D eigenvalue weighted by Gasteiger charge is 2.33. The number of benzene rings is 2. The maximum absolute atomic E-state index is 13.6. The summed E-state index contributed by atoms with van der Waals surface area (Å²) in [4.78, 5) is 38.5. The Bertz CT molecular complexity index is 1650. The molecule has 12 heteroatoms. The predicted molar refractivity (Wildman–Crippen MR) is 175 cm³/mol. The minimum atomic E-state index is -4.14. The number of carbonyl (C=O) groups excluding carboxylic acids is 2. The average molecular weight is 640 g/mol. The number of anilines is 1. The second-order valence-corrected chi connectivity index (χ2v) is 14.6. The highest BCUT2D eigenvalue weighted by molar-refractivity contribution is 7.92. The van der Waals surface area contributed by atoms with Crippen LogP contribution in [0.25, 0.3) is 11.3 Å². The van der Waals surface area contributed by atoms with Crippen LogP contribution in [0.5, 0.6) is 5.88 Å². The Hall–Kier alpha value is -4.19. The zero-order valence-electron chi connectivity index (χ0n) is 27.2. The van der Waals surface area contributed by atoms with Crippen molar-refractivity contribution in [2.75, 3.05) is 30.9 Å². The zero-order valence-corrected chi connectivity index (χ0v) is 28.1. The van der Waals surface area contributed by atoms with Crippen LogP contribution in [0, 0.1) is 19.8 Å². The van der Waals surface area contributed by atoms with E-state index >= 15 is 0 Å². The van der Waals surface area contributed by atoms with Crippen molar-refractivity contribution in [1.29, 1.82) is 0 Å². The molecule has 0 spiro atoms. The summed E-state index contributed by atoms with van der Waals surface area (Å²) in [6.45, 7) is 16.4. The van der Waals surface area contributed by atoms with Gasteiger partial charge in [0.1, 0.15) is 11.7 Å². The van der Waals surface area contributed by atoms with Gasteiger partial charge < -0.3 is 19.3 Å². The monoisotopic (exact) mass is 639 g/mol. The van der Waals surface area contributed by atoms with Crippen LogP contribution in [-0.2, 0) is 14.8 Å². The molecule has 2 amide bonds. The fraction of sp³-hybridized carbons (Fsp3) is 0.455. The fourth-order valence-corrected chi connectivity index (χ4v) is 5.92. The first kappa shape index (κ1) is 33.7. The van der Waals surface area contributed by atoms with Crippen molar-refractivity contribution < 1.29 is 28.9 Å². The second-order valence-electron chi connectivity index (χ2n) is 13.0. The number of carbonyl (C=O) groups is 2. The molecule has 5 rings (SSSR count). The van der Waals surface area contributed by atoms with Crippen LogP contribution in [0.4, 0.5) is 10.7 Å². The lowest BCUT2D eigenvalue weighted by molar-refractivity contribution is 0.0201. The molecule has 45 heavy (non-hydrogen) atoms. The summed E-state index contributed by atoms with van der Waals surface area (Å²) in [6, 6.07) is 13.3. The van der Waals surface area contributed by atoms with E-state index in [1.807, 2.05) is 32.0 Å². The molecule has 6 bridgehead atoms. The molecule has 244 valence electrons. The molecule has 2 aromatic carbocycles. The molecular formula is C33H45N5O6S. The van der Waals surface area contributed by atoms with E-state index in [-0.39, 0.29) is 55.8 Å². The van der Waals surface area contributed by atoms with Gasteiger partial charge in [-0.25, -0.2) is 22.9 Å². The highest BCUT2D eigenvalue weighted by Crippen LogP contribution is 2.30. The van der Waals surface area contributed by atoms with Crippen molar-refractivity contribution in [2.45, 2.75) is 72.0 Å². The largest absolute Gasteiger partial charge is 0.470 e. The highest BCUT2D eigenvalue weighted by atomic mass is 32.2. The summed E-state index contributed by atoms with van der Waals surface area (Å²) in [5.41, 5.74) is 2.66. The van der Waals surface area contributed by atoms with Gasteiger partial charge in [-0.1, -0.05) is 45.0 Å². The number of nitrogens with zero attached hydrogens (tertiary/aromatic N) is 4. The third-order valence-electron chi connectivity index (χ3n) is 6.77. The van der Waals surface area contributed by atoms with Gasteiger partial charge >= 0.3 is 6.09 Å². The van der Waals surface area contributed by atoms with Crippen LogP contribution in [0.2, 0.25) is 0 Å². The molecule has 0 aliphatic carbocycles. The maximum Gasteiger partial charge on any atom is 0.410 e. The Labute approximate surface area is 267 Å². The summed E-state index contributed by atoms with van der Waals surface area (Å²) in [7, 11) is -4.14. The molecule has 2 aliphatic heterocycles. The van der Waals surface area contributed by atoms with E-state index in [4.69, 9.17) is 9.47 Å². The van der Waals surface area contributed by atoms with Crippen molar-refractivity contribution in [1.82, 2.24) is 19.8 Å². The first-order chi connectivity index (χ1) is 21.0. The van der Waals surface area contributed by atoms with Gasteiger partial charge in [-0.05, 0) is 69.9 Å². The van der Waals surface area contributed by atoms with Crippen LogP contribution in [0.15, 0.2) is 53.4 Å². The Kier molecular flexibility index (Phi) is 10.1. The first-order valence-electron chi connectivity index (χ1n) is 15.0. The Balaban J connectivity index is 0.00000109. The van der Waals surface area contributed by atoms with Crippen LogP contribution >= 0.6 is 0 Å². The molecule has 2 aliphatic rings. The van der Waals surface area contributed by atoms with Crippen molar-refractivity contribution in [2.24, 2.45) is 5.92 Å². The molecule has 0 saturated carbocycles. The Morgan fingerprint density at radius 2 is 1.67 bits per heavy atom. The Morgan fingerprint density at radius 3 is 2.31 bits per heavy atom. The van der Waals surface area contributed by atoms with Crippen LogP contribution in [0.3, 0.4) is 0 Å². The smallest absolute Gasteiger partial charge is 0.410 e. The number of nitrogens with one attached hydrogen (secondary N) is 1. The second kappa shape index (κ2) is 13.4. The number of fused-ring (bicyclic) bond motifs is 6. The van der Waals surface area contributed by atoms with Crippen molar-refractivity contribution in [3.05, 3.63) is 65.2 Å².